The maximum Gasteiger partial charge on any atom is 0.316 e. The van der Waals surface area contributed by atoms with Crippen molar-refractivity contribution in [1.82, 2.24) is 24.4 Å². The van der Waals surface area contributed by atoms with Crippen LogP contribution in [-0.2, 0) is 16.9 Å². The van der Waals surface area contributed by atoms with Crippen LogP contribution >= 0.6 is 0 Å². The van der Waals surface area contributed by atoms with Crippen LogP contribution in [0.3, 0.4) is 0 Å². The number of amides is 1. The van der Waals surface area contributed by atoms with E-state index in [9.17, 15) is 13.2 Å². The summed E-state index contributed by atoms with van der Waals surface area (Å²) in [5.41, 5.74) is 0.322. The number of carbonyl (C=O) groups excluding carboxylic acids is 1. The van der Waals surface area contributed by atoms with Crippen LogP contribution in [0.2, 0.25) is 0 Å². The predicted molar refractivity (Wildman–Crippen MR) is 91.3 cm³/mol. The molecule has 2 saturated heterocycles. The molecule has 0 saturated carbocycles. The van der Waals surface area contributed by atoms with Gasteiger partial charge in [0.15, 0.2) is 9.84 Å². The molecule has 0 radical (unpaired) electrons. The number of imidazole rings is 1. The average Bonchev–Trinajstić information content (AvgIpc) is 3.13. The van der Waals surface area contributed by atoms with Crippen molar-refractivity contribution < 1.29 is 17.9 Å². The van der Waals surface area contributed by atoms with Crippen molar-refractivity contribution in [2.75, 3.05) is 25.4 Å². The molecule has 0 aromatic carbocycles. The molecule has 0 N–H and O–H groups in total. The monoisotopic (exact) mass is 377 g/mol. The highest BCUT2D eigenvalue weighted by molar-refractivity contribution is 7.93. The molecule has 2 fully saturated rings. The Morgan fingerprint density at radius 3 is 2.69 bits per heavy atom. The smallest absolute Gasteiger partial charge is 0.316 e. The van der Waals surface area contributed by atoms with Gasteiger partial charge in [-0.2, -0.15) is 0 Å². The molecule has 26 heavy (non-hydrogen) atoms. The molecule has 2 aliphatic heterocycles. The van der Waals surface area contributed by atoms with E-state index in [1.54, 1.807) is 42.6 Å². The van der Waals surface area contributed by atoms with E-state index in [1.165, 1.54) is 4.90 Å². The second kappa shape index (κ2) is 6.04. The summed E-state index contributed by atoms with van der Waals surface area (Å²) in [6.45, 7) is 0.567. The van der Waals surface area contributed by atoms with E-state index in [0.717, 1.165) is 0 Å². The Morgan fingerprint density at radius 2 is 2.04 bits per heavy atom. The molecule has 2 aliphatic rings. The van der Waals surface area contributed by atoms with Gasteiger partial charge in [0.1, 0.15) is 10.4 Å². The van der Waals surface area contributed by atoms with E-state index in [0.29, 0.717) is 12.1 Å². The molecule has 4 heterocycles. The summed E-state index contributed by atoms with van der Waals surface area (Å²) in [6.07, 6.45) is 6.83. The summed E-state index contributed by atoms with van der Waals surface area (Å²) < 4.78 is 31.6. The van der Waals surface area contributed by atoms with Gasteiger partial charge in [-0.1, -0.05) is 0 Å². The molecule has 1 atom stereocenters. The first-order valence-electron chi connectivity index (χ1n) is 8.31. The number of nitrogens with zero attached hydrogens (tertiary/aromatic N) is 5. The summed E-state index contributed by atoms with van der Waals surface area (Å²) in [7, 11) is -1.51. The van der Waals surface area contributed by atoms with Gasteiger partial charge < -0.3 is 14.2 Å². The summed E-state index contributed by atoms with van der Waals surface area (Å²) >= 11 is 0. The minimum absolute atomic E-state index is 0.113. The third kappa shape index (κ3) is 2.64. The van der Waals surface area contributed by atoms with Gasteiger partial charge >= 0.3 is 6.01 Å². The zero-order valence-corrected chi connectivity index (χ0v) is 15.1. The molecule has 138 valence electrons. The molecule has 10 heteroatoms. The number of ether oxygens (including phenoxy) is 1. The van der Waals surface area contributed by atoms with Gasteiger partial charge in [0, 0.05) is 44.6 Å². The van der Waals surface area contributed by atoms with Crippen molar-refractivity contribution in [1.29, 1.82) is 0 Å². The fourth-order valence-corrected chi connectivity index (χ4v) is 6.07. The van der Waals surface area contributed by atoms with Gasteiger partial charge in [-0.15, -0.1) is 0 Å². The van der Waals surface area contributed by atoms with Gasteiger partial charge in [0.2, 0.25) is 0 Å². The third-order valence-corrected chi connectivity index (χ3v) is 7.79. The average molecular weight is 377 g/mol. The lowest BCUT2D eigenvalue weighted by atomic mass is 9.83. The summed E-state index contributed by atoms with van der Waals surface area (Å²) in [6, 6.07) is 1.91. The van der Waals surface area contributed by atoms with E-state index < -0.39 is 14.6 Å². The summed E-state index contributed by atoms with van der Waals surface area (Å²) in [5.74, 6) is -0.323. The highest BCUT2D eigenvalue weighted by Crippen LogP contribution is 2.45. The number of hydrogen-bond donors (Lipinski definition) is 0. The van der Waals surface area contributed by atoms with E-state index in [-0.39, 0.29) is 43.3 Å². The Hall–Kier alpha value is -2.49. The van der Waals surface area contributed by atoms with Crippen molar-refractivity contribution in [3.05, 3.63) is 36.7 Å². The fourth-order valence-electron chi connectivity index (χ4n) is 3.67. The minimum atomic E-state index is -3.29. The zero-order valence-electron chi connectivity index (χ0n) is 14.3. The largest absolute Gasteiger partial charge is 0.463 e. The van der Waals surface area contributed by atoms with Crippen molar-refractivity contribution in [2.24, 2.45) is 13.0 Å². The Bertz CT molecular complexity index is 921. The normalized spacial score (nSPS) is 23.0. The van der Waals surface area contributed by atoms with E-state index >= 15 is 0 Å². The second-order valence-corrected chi connectivity index (χ2v) is 9.25. The van der Waals surface area contributed by atoms with Crippen molar-refractivity contribution in [2.45, 2.75) is 11.2 Å². The predicted octanol–water partition coefficient (Wildman–Crippen LogP) is -0.0816. The first-order chi connectivity index (χ1) is 12.4. The van der Waals surface area contributed by atoms with Crippen molar-refractivity contribution in [3.63, 3.8) is 0 Å². The molecule has 1 unspecified atom stereocenters. The number of sulfone groups is 1. The van der Waals surface area contributed by atoms with Crippen molar-refractivity contribution >= 4 is 15.7 Å². The number of aromatic nitrogens is 4. The van der Waals surface area contributed by atoms with Crippen LogP contribution in [0.25, 0.3) is 0 Å². The lowest BCUT2D eigenvalue weighted by Crippen LogP contribution is -2.69. The van der Waals surface area contributed by atoms with Crippen LogP contribution in [0, 0.1) is 5.92 Å². The molecule has 0 bridgehead atoms. The molecular formula is C16H19N5O4S. The Balaban J connectivity index is 1.47. The topological polar surface area (TPSA) is 107 Å². The third-order valence-electron chi connectivity index (χ3n) is 5.18. The molecule has 9 nitrogen and oxygen atoms in total. The number of rotatable bonds is 4. The molecule has 0 aliphatic carbocycles. The number of carbonyl (C=O) groups is 1. The Kier molecular flexibility index (Phi) is 3.94. The molecule has 2 aromatic rings. The van der Waals surface area contributed by atoms with Crippen LogP contribution < -0.4 is 4.74 Å². The zero-order chi connectivity index (χ0) is 18.4. The van der Waals surface area contributed by atoms with Gasteiger partial charge in [-0.25, -0.2) is 23.4 Å². The van der Waals surface area contributed by atoms with Crippen LogP contribution in [0.5, 0.6) is 6.01 Å². The van der Waals surface area contributed by atoms with E-state index in [2.05, 4.69) is 15.0 Å². The highest BCUT2D eigenvalue weighted by Gasteiger charge is 2.62. The number of aryl methyl sites for hydroxylation is 1. The minimum Gasteiger partial charge on any atom is -0.463 e. The maximum absolute atomic E-state index is 12.7. The van der Waals surface area contributed by atoms with E-state index in [1.807, 2.05) is 0 Å². The van der Waals surface area contributed by atoms with Gasteiger partial charge in [0.25, 0.3) is 5.91 Å². The van der Waals surface area contributed by atoms with E-state index in [4.69, 9.17) is 4.74 Å². The maximum atomic E-state index is 12.7. The number of likely N-dealkylation sites (tertiary alicyclic amines) is 1. The van der Waals surface area contributed by atoms with Gasteiger partial charge in [-0.3, -0.25) is 4.79 Å². The van der Waals surface area contributed by atoms with Crippen LogP contribution in [0.15, 0.2) is 31.0 Å². The van der Waals surface area contributed by atoms with Crippen LogP contribution in [0.4, 0.5) is 0 Å². The molecule has 4 rings (SSSR count). The summed E-state index contributed by atoms with van der Waals surface area (Å²) in [5, 5.41) is 0. The number of hydrogen-bond acceptors (Lipinski definition) is 7. The quantitative estimate of drug-likeness (QED) is 0.733. The Labute approximate surface area is 150 Å². The lowest BCUT2D eigenvalue weighted by molar-refractivity contribution is 0.0398. The van der Waals surface area contributed by atoms with Crippen LogP contribution in [0.1, 0.15) is 16.9 Å². The standard InChI is InChI=1S/C16H19N5O4S/c1-20-7-13(19-11-20)14(22)21-9-16(10-21)12(3-6-26(16,23)24)8-25-15-17-4-2-5-18-15/h2,4-5,7,11-12H,3,6,8-10H2,1H3. The molecular weight excluding hydrogens is 358 g/mol. The highest BCUT2D eigenvalue weighted by atomic mass is 32.2. The first-order valence-corrected chi connectivity index (χ1v) is 9.96. The SMILES string of the molecule is Cn1cnc(C(=O)N2CC3(C2)C(COc2ncccn2)CCS3(=O)=O)c1. The summed E-state index contributed by atoms with van der Waals surface area (Å²) in [4.78, 5) is 26.1. The Morgan fingerprint density at radius 1 is 1.31 bits per heavy atom. The fraction of sp³-hybridized carbons (Fsp3) is 0.500. The van der Waals surface area contributed by atoms with Crippen molar-refractivity contribution in [3.8, 4) is 6.01 Å². The van der Waals surface area contributed by atoms with Gasteiger partial charge in [0.05, 0.1) is 18.7 Å². The molecule has 1 amide bonds. The molecule has 1 spiro atoms. The van der Waals surface area contributed by atoms with Crippen LogP contribution in [-0.4, -0.2) is 68.9 Å². The second-order valence-electron chi connectivity index (χ2n) is 6.80. The lowest BCUT2D eigenvalue weighted by Gasteiger charge is -2.49. The molecule has 2 aromatic heterocycles. The first kappa shape index (κ1) is 17.0. The van der Waals surface area contributed by atoms with Gasteiger partial charge in [-0.05, 0) is 12.5 Å².